The average molecular weight is 348 g/mol. The molecule has 2 aliphatic rings. The van der Waals surface area contributed by atoms with E-state index in [9.17, 15) is 0 Å². The third kappa shape index (κ3) is 4.75. The van der Waals surface area contributed by atoms with Crippen LogP contribution in [0.1, 0.15) is 36.9 Å². The summed E-state index contributed by atoms with van der Waals surface area (Å²) in [4.78, 5) is 7.66. The van der Waals surface area contributed by atoms with Crippen molar-refractivity contribution in [2.24, 2.45) is 0 Å². The largest absolute Gasteiger partial charge is 0.303 e. The molecule has 24 heavy (non-hydrogen) atoms. The Morgan fingerprint density at radius 2 is 1.83 bits per heavy atom. The van der Waals surface area contributed by atoms with Gasteiger partial charge < -0.3 is 4.90 Å². The number of benzene rings is 1. The zero-order valence-corrected chi connectivity index (χ0v) is 16.4. The van der Waals surface area contributed by atoms with Gasteiger partial charge in [-0.15, -0.1) is 0 Å². The van der Waals surface area contributed by atoms with Crippen LogP contribution in [-0.2, 0) is 6.54 Å². The molecule has 1 aromatic carbocycles. The SMILES string of the molecule is CC(c1cccc(CN2CCN(C3CCSCC3)CC2)c1)N(C)C. The van der Waals surface area contributed by atoms with Crippen LogP contribution in [0.3, 0.4) is 0 Å². The summed E-state index contributed by atoms with van der Waals surface area (Å²) in [5, 5.41) is 0. The molecule has 0 aromatic heterocycles. The van der Waals surface area contributed by atoms with Gasteiger partial charge in [-0.1, -0.05) is 24.3 Å². The summed E-state index contributed by atoms with van der Waals surface area (Å²) in [6.07, 6.45) is 2.80. The number of piperazine rings is 1. The summed E-state index contributed by atoms with van der Waals surface area (Å²) in [5.74, 6) is 2.73. The summed E-state index contributed by atoms with van der Waals surface area (Å²) in [6, 6.07) is 10.5. The van der Waals surface area contributed by atoms with Crippen molar-refractivity contribution in [1.29, 1.82) is 0 Å². The normalized spacial score (nSPS) is 22.8. The molecular weight excluding hydrogens is 314 g/mol. The highest BCUT2D eigenvalue weighted by Crippen LogP contribution is 2.23. The van der Waals surface area contributed by atoms with Crippen LogP contribution < -0.4 is 0 Å². The minimum absolute atomic E-state index is 0.478. The molecule has 0 N–H and O–H groups in total. The van der Waals surface area contributed by atoms with Crippen molar-refractivity contribution in [3.63, 3.8) is 0 Å². The van der Waals surface area contributed by atoms with Crippen molar-refractivity contribution in [3.05, 3.63) is 35.4 Å². The molecule has 0 spiro atoms. The summed E-state index contributed by atoms with van der Waals surface area (Å²) in [5.41, 5.74) is 2.89. The van der Waals surface area contributed by atoms with Crippen LogP contribution in [-0.4, -0.2) is 72.5 Å². The Bertz CT molecular complexity index is 505. The molecule has 4 heteroatoms. The minimum Gasteiger partial charge on any atom is -0.303 e. The molecule has 0 saturated carbocycles. The van der Waals surface area contributed by atoms with E-state index in [1.807, 2.05) is 0 Å². The molecule has 2 aliphatic heterocycles. The van der Waals surface area contributed by atoms with Crippen molar-refractivity contribution in [3.8, 4) is 0 Å². The van der Waals surface area contributed by atoms with Gasteiger partial charge in [0.05, 0.1) is 0 Å². The van der Waals surface area contributed by atoms with Crippen LogP contribution in [0.5, 0.6) is 0 Å². The molecule has 0 bridgehead atoms. The van der Waals surface area contributed by atoms with Gasteiger partial charge in [-0.25, -0.2) is 0 Å². The summed E-state index contributed by atoms with van der Waals surface area (Å²) in [7, 11) is 4.31. The lowest BCUT2D eigenvalue weighted by atomic mass is 10.0. The van der Waals surface area contributed by atoms with Crippen LogP contribution in [0.4, 0.5) is 0 Å². The van der Waals surface area contributed by atoms with E-state index in [0.29, 0.717) is 6.04 Å². The smallest absolute Gasteiger partial charge is 0.0313 e. The van der Waals surface area contributed by atoms with Crippen molar-refractivity contribution in [2.45, 2.75) is 38.4 Å². The maximum absolute atomic E-state index is 2.75. The second kappa shape index (κ2) is 8.70. The van der Waals surface area contributed by atoms with Gasteiger partial charge in [0.15, 0.2) is 0 Å². The summed E-state index contributed by atoms with van der Waals surface area (Å²) < 4.78 is 0. The second-order valence-electron chi connectivity index (χ2n) is 7.54. The molecule has 3 rings (SSSR count). The Balaban J connectivity index is 1.51. The fourth-order valence-electron chi connectivity index (χ4n) is 3.84. The zero-order valence-electron chi connectivity index (χ0n) is 15.6. The predicted molar refractivity (Wildman–Crippen MR) is 106 cm³/mol. The van der Waals surface area contributed by atoms with E-state index < -0.39 is 0 Å². The first-order valence-electron chi connectivity index (χ1n) is 9.43. The molecule has 1 unspecified atom stereocenters. The quantitative estimate of drug-likeness (QED) is 0.808. The molecular formula is C20H33N3S. The molecule has 3 nitrogen and oxygen atoms in total. The van der Waals surface area contributed by atoms with E-state index in [2.05, 4.69) is 71.7 Å². The van der Waals surface area contributed by atoms with E-state index in [1.165, 1.54) is 61.7 Å². The fraction of sp³-hybridized carbons (Fsp3) is 0.700. The maximum Gasteiger partial charge on any atom is 0.0313 e. The van der Waals surface area contributed by atoms with E-state index in [-0.39, 0.29) is 0 Å². The van der Waals surface area contributed by atoms with Crippen LogP contribution in [0.2, 0.25) is 0 Å². The van der Waals surface area contributed by atoms with Gasteiger partial charge >= 0.3 is 0 Å². The van der Waals surface area contributed by atoms with Crippen molar-refractivity contribution >= 4 is 11.8 Å². The van der Waals surface area contributed by atoms with E-state index in [0.717, 1.165) is 12.6 Å². The molecule has 0 radical (unpaired) electrons. The van der Waals surface area contributed by atoms with Crippen LogP contribution in [0.15, 0.2) is 24.3 Å². The fourth-order valence-corrected chi connectivity index (χ4v) is 4.93. The summed E-state index contributed by atoms with van der Waals surface area (Å²) >= 11 is 2.13. The summed E-state index contributed by atoms with van der Waals surface area (Å²) in [6.45, 7) is 8.32. The Labute approximate surface area is 152 Å². The molecule has 0 aliphatic carbocycles. The highest BCUT2D eigenvalue weighted by atomic mass is 32.2. The van der Waals surface area contributed by atoms with Crippen LogP contribution >= 0.6 is 11.8 Å². The first-order chi connectivity index (χ1) is 11.6. The van der Waals surface area contributed by atoms with E-state index in [4.69, 9.17) is 0 Å². The third-order valence-electron chi connectivity index (χ3n) is 5.73. The topological polar surface area (TPSA) is 9.72 Å². The average Bonchev–Trinajstić information content (AvgIpc) is 2.62. The number of nitrogens with zero attached hydrogens (tertiary/aromatic N) is 3. The molecule has 2 saturated heterocycles. The van der Waals surface area contributed by atoms with E-state index in [1.54, 1.807) is 0 Å². The second-order valence-corrected chi connectivity index (χ2v) is 8.77. The first kappa shape index (κ1) is 18.2. The van der Waals surface area contributed by atoms with Gasteiger partial charge in [0, 0.05) is 44.8 Å². The number of hydrogen-bond donors (Lipinski definition) is 0. The van der Waals surface area contributed by atoms with Crippen molar-refractivity contribution < 1.29 is 0 Å². The highest BCUT2D eigenvalue weighted by Gasteiger charge is 2.25. The number of rotatable bonds is 5. The van der Waals surface area contributed by atoms with Crippen LogP contribution in [0.25, 0.3) is 0 Å². The first-order valence-corrected chi connectivity index (χ1v) is 10.6. The van der Waals surface area contributed by atoms with Gasteiger partial charge in [-0.05, 0) is 56.5 Å². The Morgan fingerprint density at radius 1 is 1.12 bits per heavy atom. The highest BCUT2D eigenvalue weighted by molar-refractivity contribution is 7.99. The minimum atomic E-state index is 0.478. The van der Waals surface area contributed by atoms with Gasteiger partial charge in [-0.2, -0.15) is 11.8 Å². The lowest BCUT2D eigenvalue weighted by Crippen LogP contribution is -2.50. The van der Waals surface area contributed by atoms with Gasteiger partial charge in [0.1, 0.15) is 0 Å². The zero-order chi connectivity index (χ0) is 16.9. The molecule has 1 aromatic rings. The van der Waals surface area contributed by atoms with Gasteiger partial charge in [0.25, 0.3) is 0 Å². The number of thioether (sulfide) groups is 1. The third-order valence-corrected chi connectivity index (χ3v) is 6.78. The lowest BCUT2D eigenvalue weighted by molar-refractivity contribution is 0.0879. The molecule has 134 valence electrons. The van der Waals surface area contributed by atoms with Crippen molar-refractivity contribution in [2.75, 3.05) is 51.8 Å². The maximum atomic E-state index is 2.75. The monoisotopic (exact) mass is 347 g/mol. The molecule has 2 heterocycles. The molecule has 2 fully saturated rings. The van der Waals surface area contributed by atoms with Crippen LogP contribution in [0, 0.1) is 0 Å². The Kier molecular flexibility index (Phi) is 6.62. The van der Waals surface area contributed by atoms with Gasteiger partial charge in [0.2, 0.25) is 0 Å². The molecule has 1 atom stereocenters. The predicted octanol–water partition coefficient (Wildman–Crippen LogP) is 3.32. The van der Waals surface area contributed by atoms with Gasteiger partial charge in [-0.3, -0.25) is 9.80 Å². The van der Waals surface area contributed by atoms with Crippen molar-refractivity contribution in [1.82, 2.24) is 14.7 Å². The standard InChI is InChI=1S/C20H33N3S/c1-17(21(2)3)19-6-4-5-18(15-19)16-22-9-11-23(12-10-22)20-7-13-24-14-8-20/h4-6,15,17,20H,7-14,16H2,1-3H3. The Hall–Kier alpha value is -0.550. The molecule has 0 amide bonds. The van der Waals surface area contributed by atoms with E-state index >= 15 is 0 Å². The lowest BCUT2D eigenvalue weighted by Gasteiger charge is -2.40. The Morgan fingerprint density at radius 3 is 2.50 bits per heavy atom. The number of hydrogen-bond acceptors (Lipinski definition) is 4.